The van der Waals surface area contributed by atoms with Crippen LogP contribution in [0.2, 0.25) is 30.1 Å². The van der Waals surface area contributed by atoms with Crippen molar-refractivity contribution >= 4 is 266 Å². The fraction of sp³-hybridized carbons (Fsp3) is 0.352. The van der Waals surface area contributed by atoms with Crippen molar-refractivity contribution in [3.63, 3.8) is 0 Å². The van der Waals surface area contributed by atoms with Gasteiger partial charge in [0, 0.05) is 105 Å². The number of nitrogens with zero attached hydrogens (tertiary/aromatic N) is 10. The average molecular weight is 2480 g/mol. The molecule has 0 bridgehead atoms. The van der Waals surface area contributed by atoms with Crippen LogP contribution in [0.5, 0.6) is 5.75 Å². The van der Waals surface area contributed by atoms with Gasteiger partial charge in [-0.15, -0.1) is 0 Å². The summed E-state index contributed by atoms with van der Waals surface area (Å²) in [6.45, 7) is 52.5. The number of guanidine groups is 10. The number of aliphatic imine (C=N–C) groups is 10. The predicted molar refractivity (Wildman–Crippen MR) is 659 cm³/mol. The zero-order chi connectivity index (χ0) is 108. The van der Waals surface area contributed by atoms with Crippen molar-refractivity contribution in [2.45, 2.75) is 118 Å². The third-order valence-electron chi connectivity index (χ3n) is 24.9. The Morgan fingerprint density at radius 2 is 0.547 bits per heavy atom. The zero-order valence-corrected chi connectivity index (χ0v) is 100. The van der Waals surface area contributed by atoms with Crippen LogP contribution in [0, 0.1) is 118 Å². The molecule has 0 atom stereocenters. The van der Waals surface area contributed by atoms with Crippen LogP contribution in [-0.2, 0) is 0 Å². The van der Waals surface area contributed by atoms with Gasteiger partial charge in [0.25, 0.3) is 0 Å². The first-order chi connectivity index (χ1) is 71.9. The van der Waals surface area contributed by atoms with Crippen molar-refractivity contribution in [3.8, 4) is 5.75 Å². The van der Waals surface area contributed by atoms with E-state index in [9.17, 15) is 0 Å². The second-order valence-corrected chi connectivity index (χ2v) is 42.3. The molecular weight excluding hydrogens is 2350 g/mol. The van der Waals surface area contributed by atoms with Gasteiger partial charge < -0.3 is 111 Å². The van der Waals surface area contributed by atoms with Crippen molar-refractivity contribution in [3.05, 3.63) is 274 Å². The molecule has 0 aromatic heterocycles. The summed E-state index contributed by atoms with van der Waals surface area (Å²) in [7, 11) is 1.67. The monoisotopic (exact) mass is 2470 g/mol. The summed E-state index contributed by atoms with van der Waals surface area (Å²) in [5, 5.41) is 68.0. The molecule has 0 aliphatic carbocycles. The highest BCUT2D eigenvalue weighted by Gasteiger charge is 2.22. The standard InChI is InChI=1S/C11H13Br2N3.2C11H14BrN3.C11H13Cl2N3.2C11H14ClN3.C11H15N3O.C11H15N3.C10H12BrN3.C10H11Cl2N3/c1-6-5-8(12)9(13)10(7(6)2)16-11-14-3-4-15-11;1-7-8(2)10(4-3-9(7)12)15-11-13-5-6-14-11;1-7-3-4-9(12)10(8(7)2)15-11-13-5-6-14-11;1-6-5-8(12)9(13)10(7(6)2)16-11-14-3-4-15-11;1-7-8(2)10(4-3-9(7)12)15-11-13-5-6-14-11;1-7-3-4-9(12)10(8(7)2)15-11-13-5-6-14-11;1-8-3-4-10(15-2)9(7-8)14-11-12-5-6-13-11;1-8-4-3-5-10(9(8)2)14-11-12-6-7-13-11;1-7-2-3-8(11)9(6-7)14-10-12-4-5-13-10;1-6-2-3-7(11)9(8(6)12)15-10-13-4-5-14-10/h5H,3-4H2,1-2H3,(H2,14,15,16);2*3-4H,5-6H2,1-2H3,(H2,13,14,15);5H,3-4H2,1-2H3,(H2,14,15,16);2*3-4H,5-6H2,1-2H3,(H2,13,14,15);3-4,7H,5-6H2,1-2H3,(H2,12,13,14);3-5H,6-7H2,1-2H3,(H2,12,13,14);2-3,6H,4-5H2,1H3,(H2,12,13,14);2-3H,4-5H2,1H3,(H2,13,14,15). The van der Waals surface area contributed by atoms with Gasteiger partial charge in [0.05, 0.1) is 142 Å². The van der Waals surface area contributed by atoms with Gasteiger partial charge in [-0.05, 0) is 361 Å². The number of anilines is 10. The van der Waals surface area contributed by atoms with E-state index in [1.54, 1.807) is 7.11 Å². The van der Waals surface area contributed by atoms with Crippen LogP contribution in [0.15, 0.2) is 200 Å². The Morgan fingerprint density at radius 1 is 0.227 bits per heavy atom. The van der Waals surface area contributed by atoms with Gasteiger partial charge in [0.2, 0.25) is 0 Å². The number of benzene rings is 10. The number of methoxy groups -OCH3 is 1. The van der Waals surface area contributed by atoms with Crippen molar-refractivity contribution in [1.29, 1.82) is 0 Å². The van der Waals surface area contributed by atoms with Gasteiger partial charge in [-0.2, -0.15) is 0 Å². The van der Waals surface area contributed by atoms with Crippen molar-refractivity contribution in [1.82, 2.24) is 53.2 Å². The van der Waals surface area contributed by atoms with E-state index >= 15 is 0 Å². The second-order valence-electron chi connectivity index (χ2n) is 35.7. The first-order valence-corrected chi connectivity index (χ1v) is 55.5. The zero-order valence-electron chi connectivity index (χ0n) is 87.8. The number of nitrogens with one attached hydrogen (secondary N) is 20. The Hall–Kier alpha value is -11.2. The maximum Gasteiger partial charge on any atom is 0.196 e. The number of aryl methyl sites for hydroxylation is 8. The Balaban J connectivity index is 0.000000158. The lowest BCUT2D eigenvalue weighted by molar-refractivity contribution is 0.417. The minimum Gasteiger partial charge on any atom is -0.495 e. The normalized spacial score (nSPS) is 14.7. The number of hydrogen-bond acceptors (Lipinski definition) is 31. The topological polar surface area (TPSA) is 373 Å². The summed E-state index contributed by atoms with van der Waals surface area (Å²) in [5.74, 6) is 9.12. The van der Waals surface area contributed by atoms with Crippen LogP contribution in [0.1, 0.15) is 94.6 Å². The molecule has 800 valence electrons. The van der Waals surface area contributed by atoms with Crippen molar-refractivity contribution < 1.29 is 4.74 Å². The molecule has 0 saturated heterocycles. The Kier molecular flexibility index (Phi) is 47.4. The van der Waals surface area contributed by atoms with E-state index in [4.69, 9.17) is 74.3 Å². The molecule has 31 nitrogen and oxygen atoms in total. The van der Waals surface area contributed by atoms with Crippen LogP contribution in [0.4, 0.5) is 56.9 Å². The number of rotatable bonds is 11. The highest BCUT2D eigenvalue weighted by Crippen LogP contribution is 2.40. The molecule has 0 spiro atoms. The Bertz CT molecular complexity index is 6320. The average Bonchev–Trinajstić information content (AvgIpc) is 1.34. The van der Waals surface area contributed by atoms with E-state index in [1.807, 2.05) is 94.4 Å². The highest BCUT2D eigenvalue weighted by molar-refractivity contribution is 9.13. The molecule has 10 heterocycles. The van der Waals surface area contributed by atoms with Crippen LogP contribution >= 0.6 is 149 Å². The third kappa shape index (κ3) is 35.7. The summed E-state index contributed by atoms with van der Waals surface area (Å²) in [4.78, 5) is 42.9. The highest BCUT2D eigenvalue weighted by atomic mass is 79.9. The Labute approximate surface area is 954 Å². The molecule has 42 heteroatoms. The van der Waals surface area contributed by atoms with Crippen molar-refractivity contribution in [2.24, 2.45) is 49.9 Å². The third-order valence-corrected chi connectivity index (χ3v) is 31.4. The maximum absolute atomic E-state index is 6.17. The van der Waals surface area contributed by atoms with Crippen LogP contribution in [0.25, 0.3) is 0 Å². The molecule has 10 aromatic carbocycles. The lowest BCUT2D eigenvalue weighted by Crippen LogP contribution is -2.26. The minimum absolute atomic E-state index is 0.543. The van der Waals surface area contributed by atoms with E-state index in [1.165, 1.54) is 72.3 Å². The number of ether oxygens (including phenoxy) is 1. The molecular formula is C108H135Br5Cl6N30O. The summed E-state index contributed by atoms with van der Waals surface area (Å²) in [5.41, 5.74) is 30.3. The molecule has 20 rings (SSSR count). The molecule has 150 heavy (non-hydrogen) atoms. The van der Waals surface area contributed by atoms with Crippen LogP contribution in [0.3, 0.4) is 0 Å². The lowest BCUT2D eigenvalue weighted by atomic mass is 10.1. The van der Waals surface area contributed by atoms with E-state index in [2.05, 4.69) is 387 Å². The summed E-state index contributed by atoms with van der Waals surface area (Å²) in [6, 6.07) is 42.2. The van der Waals surface area contributed by atoms with Gasteiger partial charge in [0.1, 0.15) is 5.75 Å². The molecule has 20 N–H and O–H groups in total. The fourth-order valence-electron chi connectivity index (χ4n) is 15.1. The van der Waals surface area contributed by atoms with Gasteiger partial charge in [-0.3, -0.25) is 49.9 Å². The first kappa shape index (κ1) is 119. The van der Waals surface area contributed by atoms with Gasteiger partial charge >= 0.3 is 0 Å². The molecule has 0 amide bonds. The predicted octanol–water partition coefficient (Wildman–Crippen LogP) is 23.6. The SMILES string of the molecule is COc1ccc(C)cc1NC1=NCCN1.Cc1c(Br)ccc(NC2=NCCN2)c1C.Cc1c(Cl)ccc(NC2=NCCN2)c1C.Cc1cc(Br)c(Br)c(NC2=NCCN2)c1C.Cc1cc(Cl)c(Cl)c(NC2=NCCN2)c1C.Cc1ccc(Br)c(NC2=NCCN2)c1.Cc1ccc(Br)c(NC2=NCCN2)c1C.Cc1ccc(Cl)c(NC2=NCCN2)c1C.Cc1ccc(Cl)c(NC2=NCCN2)c1Cl.Cc1cccc(NC2=NCCN2)c1C. The minimum atomic E-state index is 0.543. The molecule has 0 fully saturated rings. The molecule has 0 radical (unpaired) electrons. The fourth-order valence-corrected chi connectivity index (χ4v) is 18.8. The van der Waals surface area contributed by atoms with E-state index in [0.29, 0.717) is 25.8 Å². The largest absolute Gasteiger partial charge is 0.495 e. The molecule has 0 unspecified atom stereocenters. The van der Waals surface area contributed by atoms with Crippen LogP contribution < -0.4 is 111 Å². The summed E-state index contributed by atoms with van der Waals surface area (Å²) >= 11 is 54.2. The molecule has 0 saturated carbocycles. The molecule has 10 aliphatic heterocycles. The lowest BCUT2D eigenvalue weighted by Gasteiger charge is -2.15. The van der Waals surface area contributed by atoms with Gasteiger partial charge in [-0.25, -0.2) is 0 Å². The number of halogens is 11. The van der Waals surface area contributed by atoms with E-state index < -0.39 is 0 Å². The second kappa shape index (κ2) is 59.8. The van der Waals surface area contributed by atoms with E-state index in [0.717, 1.165) is 302 Å². The Morgan fingerprint density at radius 3 is 1.00 bits per heavy atom. The van der Waals surface area contributed by atoms with Crippen molar-refractivity contribution in [2.75, 3.05) is 191 Å². The molecule has 10 aromatic rings. The van der Waals surface area contributed by atoms with Gasteiger partial charge in [-0.1, -0.05) is 128 Å². The summed E-state index contributed by atoms with van der Waals surface area (Å²) < 4.78 is 10.6. The maximum atomic E-state index is 6.17. The number of hydrogen-bond donors (Lipinski definition) is 20. The van der Waals surface area contributed by atoms with Gasteiger partial charge in [0.15, 0.2) is 59.6 Å². The van der Waals surface area contributed by atoms with Crippen LogP contribution in [-0.4, -0.2) is 198 Å². The summed E-state index contributed by atoms with van der Waals surface area (Å²) in [6.07, 6.45) is 0. The van der Waals surface area contributed by atoms with E-state index in [-0.39, 0.29) is 0 Å². The first-order valence-electron chi connectivity index (χ1n) is 49.3. The molecule has 10 aliphatic rings. The smallest absolute Gasteiger partial charge is 0.196 e. The quantitative estimate of drug-likeness (QED) is 0.0572.